The lowest BCUT2D eigenvalue weighted by Crippen LogP contribution is -2.35. The summed E-state index contributed by atoms with van der Waals surface area (Å²) in [5, 5.41) is 1.16. The van der Waals surface area contributed by atoms with E-state index in [1.807, 2.05) is 0 Å². The summed E-state index contributed by atoms with van der Waals surface area (Å²) in [6.45, 7) is 3.58. The van der Waals surface area contributed by atoms with Crippen molar-refractivity contribution < 1.29 is 4.79 Å². The lowest BCUT2D eigenvalue weighted by molar-refractivity contribution is -0.111. The van der Waals surface area contributed by atoms with Gasteiger partial charge in [-0.05, 0) is 44.0 Å². The first-order valence-corrected chi connectivity index (χ1v) is 5.87. The molecule has 0 atom stereocenters. The van der Waals surface area contributed by atoms with Crippen LogP contribution in [0.5, 0.6) is 0 Å². The minimum atomic E-state index is -0.570. The first-order chi connectivity index (χ1) is 6.93. The van der Waals surface area contributed by atoms with Crippen LogP contribution in [0.4, 0.5) is 0 Å². The highest BCUT2D eigenvalue weighted by atomic mass is 35.5. The molecule has 0 radical (unpaired) electrons. The summed E-state index contributed by atoms with van der Waals surface area (Å²) in [6, 6.07) is 5.23. The van der Waals surface area contributed by atoms with E-state index >= 15 is 0 Å². The van der Waals surface area contributed by atoms with Crippen molar-refractivity contribution in [2.24, 2.45) is 0 Å². The average Bonchev–Trinajstić information content (AvgIpc) is 2.14. The topological polar surface area (TPSA) is 29.1 Å². The molecule has 1 N–H and O–H groups in total. The number of hydrogen-bond donors (Lipinski definition) is 1. The first-order valence-electron chi connectivity index (χ1n) is 4.29. The average molecular weight is 264 g/mol. The van der Waals surface area contributed by atoms with Crippen molar-refractivity contribution in [2.75, 3.05) is 0 Å². The van der Waals surface area contributed by atoms with Crippen molar-refractivity contribution in [2.45, 2.75) is 24.3 Å². The first kappa shape index (κ1) is 12.8. The van der Waals surface area contributed by atoms with Crippen molar-refractivity contribution in [3.05, 3.63) is 28.2 Å². The number of halogens is 2. The van der Waals surface area contributed by atoms with E-state index in [2.05, 4.69) is 4.72 Å². The molecule has 5 heteroatoms. The molecule has 0 aromatic heterocycles. The van der Waals surface area contributed by atoms with Crippen LogP contribution in [0.15, 0.2) is 23.1 Å². The fourth-order valence-electron chi connectivity index (χ4n) is 0.802. The third-order valence-electron chi connectivity index (χ3n) is 1.56. The second kappa shape index (κ2) is 5.21. The maximum absolute atomic E-state index is 10.7. The van der Waals surface area contributed by atoms with Gasteiger partial charge in [-0.15, -0.1) is 0 Å². The van der Waals surface area contributed by atoms with Crippen LogP contribution in [0, 0.1) is 0 Å². The van der Waals surface area contributed by atoms with Gasteiger partial charge in [0.2, 0.25) is 0 Å². The SMILES string of the molecule is CC(C)(C=O)NSc1cc(Cl)cc(Cl)c1. The van der Waals surface area contributed by atoms with Crippen molar-refractivity contribution in [1.29, 1.82) is 0 Å². The molecule has 0 amide bonds. The van der Waals surface area contributed by atoms with E-state index in [1.165, 1.54) is 11.9 Å². The molecule has 0 heterocycles. The maximum atomic E-state index is 10.7. The Labute approximate surface area is 103 Å². The Morgan fingerprint density at radius 2 is 1.80 bits per heavy atom. The number of carbonyl (C=O) groups is 1. The lowest BCUT2D eigenvalue weighted by atomic mass is 10.1. The summed E-state index contributed by atoms with van der Waals surface area (Å²) in [5.41, 5.74) is -0.570. The highest BCUT2D eigenvalue weighted by molar-refractivity contribution is 7.97. The van der Waals surface area contributed by atoms with Crippen molar-refractivity contribution in [3.8, 4) is 0 Å². The monoisotopic (exact) mass is 263 g/mol. The van der Waals surface area contributed by atoms with E-state index in [0.717, 1.165) is 11.2 Å². The molecule has 0 saturated carbocycles. The maximum Gasteiger partial charge on any atom is 0.140 e. The third kappa shape index (κ3) is 4.43. The van der Waals surface area contributed by atoms with E-state index < -0.39 is 5.54 Å². The molecule has 0 fully saturated rings. The van der Waals surface area contributed by atoms with Crippen molar-refractivity contribution in [3.63, 3.8) is 0 Å². The minimum absolute atomic E-state index is 0.570. The predicted molar refractivity (Wildman–Crippen MR) is 65.6 cm³/mol. The van der Waals surface area contributed by atoms with Crippen LogP contribution in [0.2, 0.25) is 10.0 Å². The Morgan fingerprint density at radius 3 is 2.27 bits per heavy atom. The molecule has 0 bridgehead atoms. The van der Waals surface area contributed by atoms with Gasteiger partial charge in [0.1, 0.15) is 6.29 Å². The van der Waals surface area contributed by atoms with Gasteiger partial charge in [0.05, 0.1) is 5.54 Å². The Hall–Kier alpha value is -0.220. The highest BCUT2D eigenvalue weighted by Gasteiger charge is 2.15. The fourth-order valence-corrected chi connectivity index (χ4v) is 2.26. The van der Waals surface area contributed by atoms with Gasteiger partial charge in [-0.1, -0.05) is 23.2 Å². The van der Waals surface area contributed by atoms with Gasteiger partial charge < -0.3 is 4.79 Å². The Bertz CT molecular complexity index is 348. The van der Waals surface area contributed by atoms with Gasteiger partial charge in [-0.3, -0.25) is 0 Å². The van der Waals surface area contributed by atoms with Crippen LogP contribution in [0.3, 0.4) is 0 Å². The molecule has 2 nitrogen and oxygen atoms in total. The molecule has 82 valence electrons. The highest BCUT2D eigenvalue weighted by Crippen LogP contribution is 2.25. The summed E-state index contributed by atoms with van der Waals surface area (Å²) in [7, 11) is 0. The fraction of sp³-hybridized carbons (Fsp3) is 0.300. The van der Waals surface area contributed by atoms with E-state index in [-0.39, 0.29) is 0 Å². The number of carbonyl (C=O) groups excluding carboxylic acids is 1. The molecule has 0 spiro atoms. The Balaban J connectivity index is 2.69. The number of rotatable bonds is 4. The Kier molecular flexibility index (Phi) is 4.46. The van der Waals surface area contributed by atoms with Crippen LogP contribution in [0.25, 0.3) is 0 Å². The zero-order valence-corrected chi connectivity index (χ0v) is 10.7. The number of hydrogen-bond acceptors (Lipinski definition) is 3. The summed E-state index contributed by atoms with van der Waals surface area (Å²) in [6.07, 6.45) is 0.853. The van der Waals surface area contributed by atoms with Gasteiger partial charge in [0.15, 0.2) is 0 Å². The van der Waals surface area contributed by atoms with E-state index in [1.54, 1.807) is 32.0 Å². The summed E-state index contributed by atoms with van der Waals surface area (Å²) >= 11 is 13.0. The second-order valence-electron chi connectivity index (χ2n) is 3.65. The van der Waals surface area contributed by atoms with E-state index in [9.17, 15) is 4.79 Å². The van der Waals surface area contributed by atoms with Gasteiger partial charge in [0, 0.05) is 14.9 Å². The van der Waals surface area contributed by atoms with Crippen molar-refractivity contribution >= 4 is 41.4 Å². The lowest BCUT2D eigenvalue weighted by Gasteiger charge is -2.17. The standard InChI is InChI=1S/C10H11Cl2NOS/c1-10(2,6-14)13-15-9-4-7(11)3-8(12)5-9/h3-6,13H,1-2H3. The van der Waals surface area contributed by atoms with Gasteiger partial charge >= 0.3 is 0 Å². The summed E-state index contributed by atoms with van der Waals surface area (Å²) in [4.78, 5) is 11.5. The molecule has 0 aliphatic carbocycles. The van der Waals surface area contributed by atoms with Gasteiger partial charge in [0.25, 0.3) is 0 Å². The van der Waals surface area contributed by atoms with Crippen LogP contribution >= 0.6 is 35.1 Å². The molecule has 1 aromatic carbocycles. The molecule has 0 unspecified atom stereocenters. The molecule has 15 heavy (non-hydrogen) atoms. The largest absolute Gasteiger partial charge is 0.301 e. The molecular weight excluding hydrogens is 253 g/mol. The summed E-state index contributed by atoms with van der Waals surface area (Å²) in [5.74, 6) is 0. The zero-order chi connectivity index (χ0) is 11.5. The molecule has 1 rings (SSSR count). The minimum Gasteiger partial charge on any atom is -0.301 e. The van der Waals surface area contributed by atoms with Crippen LogP contribution in [0.1, 0.15) is 13.8 Å². The molecule has 1 aromatic rings. The van der Waals surface area contributed by atoms with Crippen molar-refractivity contribution in [1.82, 2.24) is 4.72 Å². The normalized spacial score (nSPS) is 11.5. The van der Waals surface area contributed by atoms with Crippen LogP contribution in [-0.4, -0.2) is 11.8 Å². The zero-order valence-electron chi connectivity index (χ0n) is 8.38. The summed E-state index contributed by atoms with van der Waals surface area (Å²) < 4.78 is 3.01. The predicted octanol–water partition coefficient (Wildman–Crippen LogP) is 3.57. The number of aldehydes is 1. The quantitative estimate of drug-likeness (QED) is 0.665. The third-order valence-corrected chi connectivity index (χ3v) is 3.10. The van der Waals surface area contributed by atoms with E-state index in [0.29, 0.717) is 10.0 Å². The molecular formula is C10H11Cl2NOS. The molecule has 0 aliphatic heterocycles. The second-order valence-corrected chi connectivity index (χ2v) is 5.40. The van der Waals surface area contributed by atoms with Gasteiger partial charge in [-0.2, -0.15) is 0 Å². The Morgan fingerprint density at radius 1 is 1.27 bits per heavy atom. The number of nitrogens with one attached hydrogen (secondary N) is 1. The van der Waals surface area contributed by atoms with E-state index in [4.69, 9.17) is 23.2 Å². The molecule has 0 saturated heterocycles. The molecule has 0 aliphatic rings. The van der Waals surface area contributed by atoms with Gasteiger partial charge in [-0.25, -0.2) is 4.72 Å². The number of benzene rings is 1. The van der Waals surface area contributed by atoms with Crippen LogP contribution < -0.4 is 4.72 Å². The van der Waals surface area contributed by atoms with Crippen LogP contribution in [-0.2, 0) is 4.79 Å². The smallest absolute Gasteiger partial charge is 0.140 e.